The van der Waals surface area contributed by atoms with Gasteiger partial charge < -0.3 is 5.11 Å². The van der Waals surface area contributed by atoms with Gasteiger partial charge in [-0.15, -0.1) is 0 Å². The lowest BCUT2D eigenvalue weighted by atomic mass is 9.88. The van der Waals surface area contributed by atoms with Crippen molar-refractivity contribution in [2.45, 2.75) is 84.2 Å². The van der Waals surface area contributed by atoms with Crippen LogP contribution >= 0.6 is 0 Å². The van der Waals surface area contributed by atoms with Gasteiger partial charge in [0.05, 0.1) is 5.60 Å². The van der Waals surface area contributed by atoms with Gasteiger partial charge in [0.25, 0.3) is 0 Å². The molecule has 0 aliphatic rings. The van der Waals surface area contributed by atoms with Gasteiger partial charge in [0.2, 0.25) is 0 Å². The van der Waals surface area contributed by atoms with Crippen molar-refractivity contribution in [2.24, 2.45) is 0 Å². The molecule has 0 spiro atoms. The van der Waals surface area contributed by atoms with Crippen molar-refractivity contribution in [3.8, 4) is 0 Å². The van der Waals surface area contributed by atoms with E-state index in [1.54, 1.807) is 0 Å². The predicted molar refractivity (Wildman–Crippen MR) is 63.5 cm³/mol. The summed E-state index contributed by atoms with van der Waals surface area (Å²) >= 11 is 0. The van der Waals surface area contributed by atoms with Gasteiger partial charge in [0, 0.05) is 0 Å². The molecule has 0 amide bonds. The summed E-state index contributed by atoms with van der Waals surface area (Å²) in [5, 5.41) is 10.3. The topological polar surface area (TPSA) is 20.2 Å². The van der Waals surface area contributed by atoms with Gasteiger partial charge in [-0.25, -0.2) is 0 Å². The fraction of sp³-hybridized carbons (Fsp3) is 1.00. The number of unbranched alkanes of at least 4 members (excludes halogenated alkanes) is 4. The van der Waals surface area contributed by atoms with Crippen LogP contribution in [0.25, 0.3) is 0 Å². The summed E-state index contributed by atoms with van der Waals surface area (Å²) in [6.07, 6.45) is 10.3. The molecule has 0 aromatic heterocycles. The highest BCUT2D eigenvalue weighted by Gasteiger charge is 2.22. The van der Waals surface area contributed by atoms with E-state index in [1.165, 1.54) is 38.5 Å². The Morgan fingerprint density at radius 2 is 1.21 bits per heavy atom. The maximum Gasteiger partial charge on any atom is 0.0645 e. The molecule has 0 rings (SSSR count). The van der Waals surface area contributed by atoms with E-state index in [-0.39, 0.29) is 5.60 Å². The van der Waals surface area contributed by atoms with Crippen LogP contribution in [-0.4, -0.2) is 10.7 Å². The van der Waals surface area contributed by atoms with Gasteiger partial charge in [-0.1, -0.05) is 59.3 Å². The Labute approximate surface area is 89.9 Å². The number of hydrogen-bond acceptors (Lipinski definition) is 1. The third-order valence-electron chi connectivity index (χ3n) is 3.15. The standard InChI is InChI=1S/C13H28O/c1-4-7-9-11-13(14,6-3)12-10-8-5-2/h14H,4-12H2,1-3H3. The van der Waals surface area contributed by atoms with E-state index < -0.39 is 0 Å². The minimum absolute atomic E-state index is 0.357. The second kappa shape index (κ2) is 8.28. The Morgan fingerprint density at radius 1 is 0.786 bits per heavy atom. The number of rotatable bonds is 9. The molecule has 0 unspecified atom stereocenters. The molecule has 0 aromatic rings. The summed E-state index contributed by atoms with van der Waals surface area (Å²) in [5.41, 5.74) is -0.357. The van der Waals surface area contributed by atoms with E-state index in [4.69, 9.17) is 0 Å². The van der Waals surface area contributed by atoms with Crippen LogP contribution in [0.2, 0.25) is 0 Å². The summed E-state index contributed by atoms with van der Waals surface area (Å²) in [6, 6.07) is 0. The van der Waals surface area contributed by atoms with Gasteiger partial charge in [-0.3, -0.25) is 0 Å². The summed E-state index contributed by atoms with van der Waals surface area (Å²) in [4.78, 5) is 0. The SMILES string of the molecule is CCCCCC(O)(CC)CCCCC. The zero-order valence-electron chi connectivity index (χ0n) is 10.3. The smallest absolute Gasteiger partial charge is 0.0645 e. The van der Waals surface area contributed by atoms with Crippen LogP contribution in [0.3, 0.4) is 0 Å². The maximum atomic E-state index is 10.3. The molecule has 0 atom stereocenters. The zero-order valence-corrected chi connectivity index (χ0v) is 10.3. The lowest BCUT2D eigenvalue weighted by Crippen LogP contribution is -2.27. The molecular formula is C13H28O. The highest BCUT2D eigenvalue weighted by molar-refractivity contribution is 4.76. The average Bonchev–Trinajstić information content (AvgIpc) is 2.19. The molecule has 1 heteroatoms. The third-order valence-corrected chi connectivity index (χ3v) is 3.15. The van der Waals surface area contributed by atoms with Crippen molar-refractivity contribution in [3.63, 3.8) is 0 Å². The fourth-order valence-electron chi connectivity index (χ4n) is 1.89. The predicted octanol–water partition coefficient (Wildman–Crippen LogP) is 4.29. The van der Waals surface area contributed by atoms with Gasteiger partial charge in [0.1, 0.15) is 0 Å². The van der Waals surface area contributed by atoms with Crippen molar-refractivity contribution in [1.82, 2.24) is 0 Å². The first-order chi connectivity index (χ1) is 6.68. The third kappa shape index (κ3) is 6.42. The molecule has 0 saturated heterocycles. The molecule has 1 nitrogen and oxygen atoms in total. The van der Waals surface area contributed by atoms with Crippen molar-refractivity contribution in [3.05, 3.63) is 0 Å². The van der Waals surface area contributed by atoms with Crippen LogP contribution in [0.15, 0.2) is 0 Å². The summed E-state index contributed by atoms with van der Waals surface area (Å²) in [7, 11) is 0. The van der Waals surface area contributed by atoms with E-state index >= 15 is 0 Å². The molecule has 1 N–H and O–H groups in total. The van der Waals surface area contributed by atoms with Gasteiger partial charge in [-0.2, -0.15) is 0 Å². The number of aliphatic hydroxyl groups is 1. The monoisotopic (exact) mass is 200 g/mol. The van der Waals surface area contributed by atoms with E-state index in [9.17, 15) is 5.11 Å². The summed E-state index contributed by atoms with van der Waals surface area (Å²) in [5.74, 6) is 0. The van der Waals surface area contributed by atoms with Crippen LogP contribution in [0.5, 0.6) is 0 Å². The van der Waals surface area contributed by atoms with Crippen molar-refractivity contribution >= 4 is 0 Å². The first-order valence-electron chi connectivity index (χ1n) is 6.41. The quantitative estimate of drug-likeness (QED) is 0.550. The average molecular weight is 200 g/mol. The van der Waals surface area contributed by atoms with Crippen LogP contribution in [0.1, 0.15) is 78.6 Å². The van der Waals surface area contributed by atoms with Crippen LogP contribution in [0.4, 0.5) is 0 Å². The van der Waals surface area contributed by atoms with E-state index in [2.05, 4.69) is 20.8 Å². The molecule has 0 bridgehead atoms. The second-order valence-electron chi connectivity index (χ2n) is 4.49. The van der Waals surface area contributed by atoms with E-state index in [0.717, 1.165) is 19.3 Å². The van der Waals surface area contributed by atoms with Crippen LogP contribution in [-0.2, 0) is 0 Å². The van der Waals surface area contributed by atoms with Crippen LogP contribution < -0.4 is 0 Å². The molecular weight excluding hydrogens is 172 g/mol. The molecule has 0 aliphatic heterocycles. The lowest BCUT2D eigenvalue weighted by molar-refractivity contribution is 0.0142. The minimum Gasteiger partial charge on any atom is -0.390 e. The summed E-state index contributed by atoms with van der Waals surface area (Å²) in [6.45, 7) is 6.53. The Kier molecular flexibility index (Phi) is 8.26. The Hall–Kier alpha value is -0.0400. The maximum absolute atomic E-state index is 10.3. The first kappa shape index (κ1) is 14.0. The molecule has 0 aromatic carbocycles. The van der Waals surface area contributed by atoms with Crippen molar-refractivity contribution < 1.29 is 5.11 Å². The molecule has 0 aliphatic carbocycles. The molecule has 0 saturated carbocycles. The molecule has 0 fully saturated rings. The largest absolute Gasteiger partial charge is 0.390 e. The van der Waals surface area contributed by atoms with E-state index in [0.29, 0.717) is 0 Å². The molecule has 14 heavy (non-hydrogen) atoms. The number of hydrogen-bond donors (Lipinski definition) is 1. The highest BCUT2D eigenvalue weighted by atomic mass is 16.3. The fourth-order valence-corrected chi connectivity index (χ4v) is 1.89. The Morgan fingerprint density at radius 3 is 1.50 bits per heavy atom. The van der Waals surface area contributed by atoms with Crippen molar-refractivity contribution in [1.29, 1.82) is 0 Å². The summed E-state index contributed by atoms with van der Waals surface area (Å²) < 4.78 is 0. The van der Waals surface area contributed by atoms with E-state index in [1.807, 2.05) is 0 Å². The second-order valence-corrected chi connectivity index (χ2v) is 4.49. The van der Waals surface area contributed by atoms with Gasteiger partial charge in [-0.05, 0) is 19.3 Å². The van der Waals surface area contributed by atoms with Crippen molar-refractivity contribution in [2.75, 3.05) is 0 Å². The van der Waals surface area contributed by atoms with Crippen LogP contribution in [0, 0.1) is 0 Å². The highest BCUT2D eigenvalue weighted by Crippen LogP contribution is 2.25. The lowest BCUT2D eigenvalue weighted by Gasteiger charge is -2.26. The normalized spacial score (nSPS) is 12.0. The Bertz CT molecular complexity index is 110. The molecule has 0 heterocycles. The molecule has 0 radical (unpaired) electrons. The minimum atomic E-state index is -0.357. The first-order valence-corrected chi connectivity index (χ1v) is 6.41. The zero-order chi connectivity index (χ0) is 10.9. The van der Waals surface area contributed by atoms with Gasteiger partial charge >= 0.3 is 0 Å². The van der Waals surface area contributed by atoms with Gasteiger partial charge in [0.15, 0.2) is 0 Å². The molecule has 86 valence electrons. The Balaban J connectivity index is 3.67.